The van der Waals surface area contributed by atoms with Crippen LogP contribution in [0.4, 0.5) is 0 Å². The number of nitrogens with zero attached hydrogens (tertiary/aromatic N) is 6. The van der Waals surface area contributed by atoms with Gasteiger partial charge in [-0.05, 0) is 100 Å². The Morgan fingerprint density at radius 2 is 0.863 bits per heavy atom. The lowest BCUT2D eigenvalue weighted by Gasteiger charge is -2.12. The molecule has 5 heterocycles. The number of rotatable bonds is 7. The van der Waals surface area contributed by atoms with Gasteiger partial charge in [0.2, 0.25) is 5.95 Å². The van der Waals surface area contributed by atoms with Crippen LogP contribution >= 0.6 is 11.3 Å². The van der Waals surface area contributed by atoms with E-state index in [1.165, 1.54) is 26.6 Å². The molecule has 0 unspecified atom stereocenters. The largest absolute Gasteiger partial charge is 0.309 e. The van der Waals surface area contributed by atoms with Crippen molar-refractivity contribution >= 4 is 86.8 Å². The number of fused-ring (bicyclic) bond motifs is 10. The van der Waals surface area contributed by atoms with Gasteiger partial charge in [0.15, 0.2) is 5.82 Å². The summed E-state index contributed by atoms with van der Waals surface area (Å²) in [5.41, 5.74) is 15.6. The quantitative estimate of drug-likeness (QED) is 0.160. The third-order valence-electron chi connectivity index (χ3n) is 14.3. The maximum Gasteiger partial charge on any atom is 0.235 e. The highest BCUT2D eigenvalue weighted by molar-refractivity contribution is 7.22. The van der Waals surface area contributed by atoms with Gasteiger partial charge in [0.1, 0.15) is 0 Å². The third kappa shape index (κ3) is 6.71. The van der Waals surface area contributed by atoms with Crippen LogP contribution in [0, 0.1) is 0 Å². The summed E-state index contributed by atoms with van der Waals surface area (Å²) >= 11 is 1.75. The first-order valence-corrected chi connectivity index (χ1v) is 25.4. The Morgan fingerprint density at radius 1 is 0.315 bits per heavy atom. The van der Waals surface area contributed by atoms with Gasteiger partial charge in [0.05, 0.1) is 49.2 Å². The van der Waals surface area contributed by atoms with E-state index in [0.717, 1.165) is 104 Å². The first-order chi connectivity index (χ1) is 36.2. The summed E-state index contributed by atoms with van der Waals surface area (Å²) < 4.78 is 5.70. The molecular formula is C66H40N6S. The van der Waals surface area contributed by atoms with E-state index in [1.54, 1.807) is 11.3 Å². The van der Waals surface area contributed by atoms with Gasteiger partial charge in [-0.3, -0.25) is 4.57 Å². The summed E-state index contributed by atoms with van der Waals surface area (Å²) in [6.45, 7) is 0. The highest BCUT2D eigenvalue weighted by atomic mass is 32.1. The minimum atomic E-state index is 0.640. The van der Waals surface area contributed by atoms with Gasteiger partial charge < -0.3 is 4.57 Å². The van der Waals surface area contributed by atoms with Crippen molar-refractivity contribution < 1.29 is 0 Å². The average molecular weight is 949 g/mol. The van der Waals surface area contributed by atoms with Crippen LogP contribution in [0.3, 0.4) is 0 Å². The third-order valence-corrected chi connectivity index (χ3v) is 15.5. The molecular weight excluding hydrogens is 909 g/mol. The topological polar surface area (TPSA) is 61.4 Å². The summed E-state index contributed by atoms with van der Waals surface area (Å²) in [6.07, 6.45) is 0. The van der Waals surface area contributed by atoms with Crippen LogP contribution < -0.4 is 0 Å². The molecule has 0 saturated heterocycles. The van der Waals surface area contributed by atoms with Crippen molar-refractivity contribution in [3.05, 3.63) is 243 Å². The SMILES string of the molecule is c1ccc(-c2cc3nc(-c4ccc5c(c4)c4cc(-c6ccc7c(c6)c6c8ccccc8ccc6n7-c6nc(-c7ccccc7)c7ccccc7n6)ccc4n5-c4ccccc4)nc(-c4ccccc4)c3s2)cc1. The molecule has 6 nitrogen and oxygen atoms in total. The normalized spacial score (nSPS) is 11.8. The lowest BCUT2D eigenvalue weighted by molar-refractivity contribution is 1.01. The molecule has 0 aliphatic carbocycles. The summed E-state index contributed by atoms with van der Waals surface area (Å²) in [4.78, 5) is 22.5. The van der Waals surface area contributed by atoms with Gasteiger partial charge in [0.25, 0.3) is 0 Å². The molecule has 0 N–H and O–H groups in total. The molecule has 0 saturated carbocycles. The Kier molecular flexibility index (Phi) is 9.33. The fourth-order valence-corrected chi connectivity index (χ4v) is 12.1. The fourth-order valence-electron chi connectivity index (χ4n) is 11.0. The first kappa shape index (κ1) is 41.2. The molecule has 7 heteroatoms. The minimum Gasteiger partial charge on any atom is -0.309 e. The van der Waals surface area contributed by atoms with Gasteiger partial charge in [-0.15, -0.1) is 11.3 Å². The molecule has 0 fully saturated rings. The van der Waals surface area contributed by atoms with Crippen LogP contribution in [-0.2, 0) is 0 Å². The molecule has 0 aliphatic heterocycles. The zero-order valence-electron chi connectivity index (χ0n) is 39.2. The van der Waals surface area contributed by atoms with E-state index in [-0.39, 0.29) is 0 Å². The van der Waals surface area contributed by atoms with Crippen molar-refractivity contribution in [2.75, 3.05) is 0 Å². The second kappa shape index (κ2) is 16.5. The van der Waals surface area contributed by atoms with Crippen molar-refractivity contribution in [3.63, 3.8) is 0 Å². The zero-order valence-corrected chi connectivity index (χ0v) is 40.0. The zero-order chi connectivity index (χ0) is 48.0. The van der Waals surface area contributed by atoms with Crippen LogP contribution in [0.1, 0.15) is 0 Å². The van der Waals surface area contributed by atoms with E-state index in [1.807, 2.05) is 6.07 Å². The van der Waals surface area contributed by atoms with E-state index in [4.69, 9.17) is 19.9 Å². The smallest absolute Gasteiger partial charge is 0.235 e. The van der Waals surface area contributed by atoms with Crippen molar-refractivity contribution in [1.29, 1.82) is 0 Å². The average Bonchev–Trinajstić information content (AvgIpc) is 4.15. The van der Waals surface area contributed by atoms with Crippen LogP contribution in [0.25, 0.3) is 143 Å². The molecule has 0 bridgehead atoms. The fraction of sp³-hybridized carbons (Fsp3) is 0. The van der Waals surface area contributed by atoms with Crippen LogP contribution in [0.2, 0.25) is 0 Å². The lowest BCUT2D eigenvalue weighted by Crippen LogP contribution is -2.03. The number of hydrogen-bond acceptors (Lipinski definition) is 5. The predicted molar refractivity (Wildman–Crippen MR) is 304 cm³/mol. The number of thiophene rings is 1. The maximum absolute atomic E-state index is 5.38. The molecule has 10 aromatic carbocycles. The standard InChI is InChI=1S/C66H40N6S/c1-5-18-42(19-6-1)60-40-55-64(73-60)63(44-22-9-3-10-23-44)69-65(67-55)47-32-35-57-52(39-47)51-37-45(30-33-56(51)71(57)48-24-11-4-12-25-48)46-31-34-58-53(38-46)61-49-26-14-13-17-41(49)29-36-59(61)72(58)66-68-54-28-16-15-27-50(54)62(70-66)43-20-7-2-8-21-43/h1-40H. The van der Waals surface area contributed by atoms with Crippen molar-refractivity contribution in [2.45, 2.75) is 0 Å². The Labute approximate surface area is 423 Å². The minimum absolute atomic E-state index is 0.640. The summed E-state index contributed by atoms with van der Waals surface area (Å²) in [7, 11) is 0. The molecule has 0 spiro atoms. The van der Waals surface area contributed by atoms with Gasteiger partial charge >= 0.3 is 0 Å². The number of aromatic nitrogens is 6. The Bertz CT molecular complexity index is 4660. The summed E-state index contributed by atoms with van der Waals surface area (Å²) in [5.74, 6) is 1.34. The molecule has 0 radical (unpaired) electrons. The van der Waals surface area contributed by atoms with E-state index in [2.05, 4.69) is 246 Å². The Morgan fingerprint density at radius 3 is 1.58 bits per heavy atom. The Hall–Kier alpha value is -9.56. The highest BCUT2D eigenvalue weighted by Crippen LogP contribution is 2.43. The highest BCUT2D eigenvalue weighted by Gasteiger charge is 2.22. The van der Waals surface area contributed by atoms with Crippen LogP contribution in [-0.4, -0.2) is 29.1 Å². The van der Waals surface area contributed by atoms with Gasteiger partial charge in [-0.1, -0.05) is 170 Å². The van der Waals surface area contributed by atoms with E-state index in [9.17, 15) is 0 Å². The first-order valence-electron chi connectivity index (χ1n) is 24.5. The lowest BCUT2D eigenvalue weighted by atomic mass is 9.98. The van der Waals surface area contributed by atoms with Gasteiger partial charge in [-0.25, -0.2) is 19.9 Å². The van der Waals surface area contributed by atoms with Crippen molar-refractivity contribution in [2.24, 2.45) is 0 Å². The van der Waals surface area contributed by atoms with E-state index >= 15 is 0 Å². The maximum atomic E-state index is 5.38. The van der Waals surface area contributed by atoms with E-state index in [0.29, 0.717) is 11.8 Å². The number of benzene rings is 10. The molecule has 0 amide bonds. The van der Waals surface area contributed by atoms with Gasteiger partial charge in [0, 0.05) is 54.2 Å². The number of para-hydroxylation sites is 2. The molecule has 15 rings (SSSR count). The molecule has 15 aromatic rings. The monoisotopic (exact) mass is 948 g/mol. The molecule has 73 heavy (non-hydrogen) atoms. The van der Waals surface area contributed by atoms with Gasteiger partial charge in [-0.2, -0.15) is 0 Å². The summed E-state index contributed by atoms with van der Waals surface area (Å²) in [6, 6.07) is 86.2. The predicted octanol–water partition coefficient (Wildman–Crippen LogP) is 17.3. The number of hydrogen-bond donors (Lipinski definition) is 0. The van der Waals surface area contributed by atoms with Crippen molar-refractivity contribution in [1.82, 2.24) is 29.1 Å². The van der Waals surface area contributed by atoms with E-state index < -0.39 is 0 Å². The summed E-state index contributed by atoms with van der Waals surface area (Å²) in [5, 5.41) is 7.99. The van der Waals surface area contributed by atoms with Crippen molar-refractivity contribution in [3.8, 4) is 67.1 Å². The molecule has 0 atom stereocenters. The molecule has 5 aromatic heterocycles. The molecule has 340 valence electrons. The molecule has 0 aliphatic rings. The second-order valence-corrected chi connectivity index (χ2v) is 19.6. The van der Waals surface area contributed by atoms with Crippen LogP contribution in [0.5, 0.6) is 0 Å². The van der Waals surface area contributed by atoms with Crippen LogP contribution in [0.15, 0.2) is 243 Å². The Balaban J connectivity index is 0.935. The second-order valence-electron chi connectivity index (χ2n) is 18.6.